The molecule has 0 fully saturated rings. The predicted molar refractivity (Wildman–Crippen MR) is 143 cm³/mol. The minimum Gasteiger partial charge on any atom is -0.464 e. The molecule has 0 aliphatic rings. The predicted octanol–water partition coefficient (Wildman–Crippen LogP) is 1.86. The molecule has 2 atom stereocenters. The number of carbonyl (C=O) groups is 6. The molecule has 13 nitrogen and oxygen atoms in total. The van der Waals surface area contributed by atoms with Crippen LogP contribution in [0.4, 0.5) is 5.69 Å². The molecule has 0 bridgehead atoms. The van der Waals surface area contributed by atoms with Gasteiger partial charge < -0.3 is 29.4 Å². The number of nitrogens with two attached hydrogens (primary N) is 1. The van der Waals surface area contributed by atoms with Crippen LogP contribution in [0.25, 0.3) is 0 Å². The summed E-state index contributed by atoms with van der Waals surface area (Å²) in [6.45, 7) is 5.77. The second-order valence-electron chi connectivity index (χ2n) is 8.65. The molecule has 41 heavy (non-hydrogen) atoms. The van der Waals surface area contributed by atoms with Crippen molar-refractivity contribution in [1.82, 2.24) is 0 Å². The van der Waals surface area contributed by atoms with E-state index in [0.717, 1.165) is 11.8 Å². The van der Waals surface area contributed by atoms with Crippen molar-refractivity contribution in [2.45, 2.75) is 53.1 Å². The minimum atomic E-state index is -1.40. The topological polar surface area (TPSA) is 178 Å². The molecule has 0 saturated carbocycles. The number of ether oxygens (including phenoxy) is 5. The number of amides is 1. The Labute approximate surface area is 236 Å². The highest BCUT2D eigenvalue weighted by molar-refractivity contribution is 6.02. The van der Waals surface area contributed by atoms with Crippen LogP contribution in [0.3, 0.4) is 0 Å². The highest BCUT2D eigenvalue weighted by Crippen LogP contribution is 2.30. The Morgan fingerprint density at radius 3 is 1.88 bits per heavy atom. The lowest BCUT2D eigenvalue weighted by molar-refractivity contribution is -0.151. The zero-order chi connectivity index (χ0) is 30.7. The van der Waals surface area contributed by atoms with Gasteiger partial charge in [0.05, 0.1) is 12.6 Å². The quantitative estimate of drug-likeness (QED) is 0.289. The number of carbonyl (C=O) groups excluding carboxylic acids is 6. The van der Waals surface area contributed by atoms with Crippen LogP contribution in [0.1, 0.15) is 40.2 Å². The van der Waals surface area contributed by atoms with Crippen LogP contribution < -0.4 is 24.8 Å². The summed E-state index contributed by atoms with van der Waals surface area (Å²) in [6, 6.07) is 7.32. The van der Waals surface area contributed by atoms with Crippen LogP contribution in [-0.4, -0.2) is 61.1 Å². The first-order valence-electron chi connectivity index (χ1n) is 12.5. The number of esters is 5. The number of nitrogens with zero attached hydrogens (tertiary/aromatic N) is 1. The monoisotopic (exact) mass is 572 g/mol. The standard InChI is InChI=1S/C28H32N2O11/c1-6-37-28(36)24(15-38-16(2)31)30(21-8-10-22(11-9-21)39-17(3)32)27(35)23(29)13-20-7-12-25(40-18(4)33)26(14-20)41-19(5)34/h7-12,14,23-24H,6,13,15,29H2,1-5H3/t23-,24-/m0/s1. The van der Waals surface area contributed by atoms with Gasteiger partial charge in [0, 0.05) is 33.4 Å². The fourth-order valence-electron chi connectivity index (χ4n) is 3.66. The molecule has 2 rings (SSSR count). The van der Waals surface area contributed by atoms with E-state index in [9.17, 15) is 28.8 Å². The van der Waals surface area contributed by atoms with E-state index in [1.165, 1.54) is 63.2 Å². The summed E-state index contributed by atoms with van der Waals surface area (Å²) in [5, 5.41) is 0. The second kappa shape index (κ2) is 15.1. The van der Waals surface area contributed by atoms with Crippen molar-refractivity contribution >= 4 is 41.4 Å². The van der Waals surface area contributed by atoms with Crippen molar-refractivity contribution < 1.29 is 52.5 Å². The lowest BCUT2D eigenvalue weighted by Gasteiger charge is -2.32. The Kier molecular flexibility index (Phi) is 12.0. The van der Waals surface area contributed by atoms with Gasteiger partial charge in [-0.2, -0.15) is 0 Å². The third kappa shape index (κ3) is 10.0. The molecule has 2 aromatic rings. The molecular weight excluding hydrogens is 540 g/mol. The molecule has 0 saturated heterocycles. The number of hydrogen-bond donors (Lipinski definition) is 1. The van der Waals surface area contributed by atoms with Crippen LogP contribution in [0.5, 0.6) is 17.2 Å². The summed E-state index contributed by atoms with van der Waals surface area (Å²) in [5.74, 6) is -4.00. The molecule has 0 aliphatic carbocycles. The summed E-state index contributed by atoms with van der Waals surface area (Å²) in [7, 11) is 0. The van der Waals surface area contributed by atoms with Gasteiger partial charge in [-0.25, -0.2) is 4.79 Å². The molecule has 2 N–H and O–H groups in total. The lowest BCUT2D eigenvalue weighted by atomic mass is 10.0. The SMILES string of the molecule is CCOC(=O)[C@H](COC(C)=O)N(C(=O)[C@@H](N)Cc1ccc(OC(C)=O)c(OC(C)=O)c1)c1ccc(OC(C)=O)cc1. The zero-order valence-corrected chi connectivity index (χ0v) is 23.3. The maximum Gasteiger partial charge on any atom is 0.332 e. The normalized spacial score (nSPS) is 11.9. The smallest absolute Gasteiger partial charge is 0.332 e. The highest BCUT2D eigenvalue weighted by atomic mass is 16.6. The first kappa shape index (κ1) is 32.4. The summed E-state index contributed by atoms with van der Waals surface area (Å²) in [5.41, 5.74) is 6.93. The van der Waals surface area contributed by atoms with E-state index < -0.39 is 54.4 Å². The van der Waals surface area contributed by atoms with Crippen molar-refractivity contribution in [3.8, 4) is 17.2 Å². The van der Waals surface area contributed by atoms with E-state index in [2.05, 4.69) is 0 Å². The summed E-state index contributed by atoms with van der Waals surface area (Å²) < 4.78 is 25.4. The second-order valence-corrected chi connectivity index (χ2v) is 8.65. The fraction of sp³-hybridized carbons (Fsp3) is 0.357. The Morgan fingerprint density at radius 1 is 0.756 bits per heavy atom. The van der Waals surface area contributed by atoms with E-state index in [-0.39, 0.29) is 36.0 Å². The van der Waals surface area contributed by atoms with Crippen molar-refractivity contribution in [3.05, 3.63) is 48.0 Å². The van der Waals surface area contributed by atoms with Crippen LogP contribution in [0.15, 0.2) is 42.5 Å². The van der Waals surface area contributed by atoms with Gasteiger partial charge in [-0.1, -0.05) is 6.07 Å². The van der Waals surface area contributed by atoms with Crippen LogP contribution in [0, 0.1) is 0 Å². The maximum atomic E-state index is 13.8. The first-order chi connectivity index (χ1) is 19.3. The average molecular weight is 573 g/mol. The highest BCUT2D eigenvalue weighted by Gasteiger charge is 2.36. The van der Waals surface area contributed by atoms with Gasteiger partial charge in [-0.15, -0.1) is 0 Å². The largest absolute Gasteiger partial charge is 0.464 e. The maximum absolute atomic E-state index is 13.8. The van der Waals surface area contributed by atoms with Crippen LogP contribution in [-0.2, 0) is 44.7 Å². The molecule has 0 aliphatic heterocycles. The third-order valence-corrected chi connectivity index (χ3v) is 5.22. The molecule has 13 heteroatoms. The van der Waals surface area contributed by atoms with Gasteiger partial charge in [-0.3, -0.25) is 28.9 Å². The van der Waals surface area contributed by atoms with Gasteiger partial charge >= 0.3 is 29.8 Å². The molecule has 220 valence electrons. The molecular formula is C28H32N2O11. The van der Waals surface area contributed by atoms with Crippen molar-refractivity contribution in [2.24, 2.45) is 5.73 Å². The van der Waals surface area contributed by atoms with Crippen molar-refractivity contribution in [2.75, 3.05) is 18.1 Å². The van der Waals surface area contributed by atoms with Gasteiger partial charge in [0.1, 0.15) is 12.4 Å². The molecule has 1 amide bonds. The summed E-state index contributed by atoms with van der Waals surface area (Å²) in [6.07, 6.45) is -0.0986. The summed E-state index contributed by atoms with van der Waals surface area (Å²) >= 11 is 0. The van der Waals surface area contributed by atoms with Gasteiger partial charge in [0.15, 0.2) is 17.5 Å². The number of hydrogen-bond acceptors (Lipinski definition) is 12. The first-order valence-corrected chi connectivity index (χ1v) is 12.5. The fourth-order valence-corrected chi connectivity index (χ4v) is 3.66. The lowest BCUT2D eigenvalue weighted by Crippen LogP contribution is -2.55. The van der Waals surface area contributed by atoms with E-state index in [1.54, 1.807) is 6.92 Å². The van der Waals surface area contributed by atoms with E-state index in [4.69, 9.17) is 29.4 Å². The van der Waals surface area contributed by atoms with E-state index in [0.29, 0.717) is 5.56 Å². The molecule has 0 aromatic heterocycles. The van der Waals surface area contributed by atoms with Crippen molar-refractivity contribution in [3.63, 3.8) is 0 Å². The van der Waals surface area contributed by atoms with E-state index >= 15 is 0 Å². The Balaban J connectivity index is 2.48. The van der Waals surface area contributed by atoms with Gasteiger partial charge in [0.25, 0.3) is 0 Å². The summed E-state index contributed by atoms with van der Waals surface area (Å²) in [4.78, 5) is 73.6. The third-order valence-electron chi connectivity index (χ3n) is 5.22. The van der Waals surface area contributed by atoms with Gasteiger partial charge in [0.2, 0.25) is 5.91 Å². The molecule has 0 heterocycles. The Bertz CT molecular complexity index is 1290. The van der Waals surface area contributed by atoms with Crippen LogP contribution in [0.2, 0.25) is 0 Å². The Morgan fingerprint density at radius 2 is 1.34 bits per heavy atom. The average Bonchev–Trinajstić information content (AvgIpc) is 2.87. The van der Waals surface area contributed by atoms with Crippen molar-refractivity contribution in [1.29, 1.82) is 0 Å². The zero-order valence-electron chi connectivity index (χ0n) is 23.3. The molecule has 0 unspecified atom stereocenters. The van der Waals surface area contributed by atoms with Crippen LogP contribution >= 0.6 is 0 Å². The molecule has 0 radical (unpaired) electrons. The Hall–Kier alpha value is -4.78. The number of benzene rings is 2. The van der Waals surface area contributed by atoms with E-state index in [1.807, 2.05) is 0 Å². The number of anilines is 1. The molecule has 2 aromatic carbocycles. The number of rotatable bonds is 12. The minimum absolute atomic E-state index is 0.00500. The molecule has 0 spiro atoms. The van der Waals surface area contributed by atoms with Gasteiger partial charge in [-0.05, 0) is 55.3 Å².